The average Bonchev–Trinajstić information content (AvgIpc) is 3.24. The standard InChI is InChI=1S/C18H24N6OS/c1-18(2,3)17-19-15-14(16(25)20-17)21-22-24(15)12-6-8-23(9-7-12)11-13-5-4-10-26-13/h4-5,10,12H,6-9,11H2,1-3H3,(H,19,20,25). The van der Waals surface area contributed by atoms with Crippen LogP contribution in [0.4, 0.5) is 0 Å². The molecule has 3 aromatic rings. The number of hydrogen-bond acceptors (Lipinski definition) is 6. The number of aromatic nitrogens is 5. The second-order valence-electron chi connectivity index (χ2n) is 7.96. The van der Waals surface area contributed by atoms with Crippen LogP contribution in [0, 0.1) is 0 Å². The molecule has 3 aromatic heterocycles. The molecular formula is C18H24N6OS. The fourth-order valence-electron chi connectivity index (χ4n) is 3.39. The number of hydrogen-bond donors (Lipinski definition) is 1. The normalized spacial score (nSPS) is 17.2. The fraction of sp³-hybridized carbons (Fsp3) is 0.556. The molecule has 0 aliphatic carbocycles. The fourth-order valence-corrected chi connectivity index (χ4v) is 4.13. The molecule has 1 N–H and O–H groups in total. The molecule has 0 bridgehead atoms. The van der Waals surface area contributed by atoms with E-state index in [4.69, 9.17) is 4.98 Å². The van der Waals surface area contributed by atoms with Gasteiger partial charge in [0.1, 0.15) is 5.82 Å². The van der Waals surface area contributed by atoms with Gasteiger partial charge in [-0.3, -0.25) is 9.69 Å². The van der Waals surface area contributed by atoms with Gasteiger partial charge >= 0.3 is 0 Å². The van der Waals surface area contributed by atoms with Gasteiger partial charge in [-0.2, -0.15) is 0 Å². The number of nitrogens with zero attached hydrogens (tertiary/aromatic N) is 5. The Hall–Kier alpha value is -2.06. The first-order valence-electron chi connectivity index (χ1n) is 9.02. The van der Waals surface area contributed by atoms with Crippen LogP contribution in [0.3, 0.4) is 0 Å². The van der Waals surface area contributed by atoms with Crippen molar-refractivity contribution in [1.82, 2.24) is 29.9 Å². The summed E-state index contributed by atoms with van der Waals surface area (Å²) in [4.78, 5) is 23.8. The lowest BCUT2D eigenvalue weighted by Gasteiger charge is -2.31. The van der Waals surface area contributed by atoms with Crippen LogP contribution >= 0.6 is 11.3 Å². The largest absolute Gasteiger partial charge is 0.308 e. The lowest BCUT2D eigenvalue weighted by atomic mass is 9.96. The Morgan fingerprint density at radius 3 is 2.73 bits per heavy atom. The van der Waals surface area contributed by atoms with E-state index in [-0.39, 0.29) is 17.0 Å². The van der Waals surface area contributed by atoms with Crippen molar-refractivity contribution in [2.75, 3.05) is 13.1 Å². The molecule has 8 heteroatoms. The van der Waals surface area contributed by atoms with Crippen LogP contribution in [0.25, 0.3) is 11.2 Å². The molecule has 0 spiro atoms. The van der Waals surface area contributed by atoms with Gasteiger partial charge in [-0.1, -0.05) is 32.1 Å². The number of nitrogens with one attached hydrogen (secondary N) is 1. The summed E-state index contributed by atoms with van der Waals surface area (Å²) in [6.07, 6.45) is 1.98. The van der Waals surface area contributed by atoms with Crippen LogP contribution in [-0.2, 0) is 12.0 Å². The summed E-state index contributed by atoms with van der Waals surface area (Å²) >= 11 is 1.81. The van der Waals surface area contributed by atoms with E-state index in [1.165, 1.54) is 4.88 Å². The number of piperidine rings is 1. The number of thiophene rings is 1. The Balaban J connectivity index is 1.56. The van der Waals surface area contributed by atoms with E-state index in [1.54, 1.807) is 11.3 Å². The maximum absolute atomic E-state index is 12.4. The summed E-state index contributed by atoms with van der Waals surface area (Å²) in [6.45, 7) is 9.14. The molecule has 7 nitrogen and oxygen atoms in total. The molecular weight excluding hydrogens is 348 g/mol. The van der Waals surface area contributed by atoms with E-state index in [0.717, 1.165) is 32.5 Å². The van der Waals surface area contributed by atoms with Crippen molar-refractivity contribution < 1.29 is 0 Å². The molecule has 1 fully saturated rings. The molecule has 0 radical (unpaired) electrons. The molecule has 0 saturated carbocycles. The van der Waals surface area contributed by atoms with Crippen LogP contribution in [0.2, 0.25) is 0 Å². The van der Waals surface area contributed by atoms with Crippen molar-refractivity contribution in [3.63, 3.8) is 0 Å². The Labute approximate surface area is 156 Å². The molecule has 0 atom stereocenters. The van der Waals surface area contributed by atoms with Gasteiger partial charge in [0.05, 0.1) is 6.04 Å². The predicted molar refractivity (Wildman–Crippen MR) is 103 cm³/mol. The molecule has 0 amide bonds. The summed E-state index contributed by atoms with van der Waals surface area (Å²) in [7, 11) is 0. The van der Waals surface area contributed by atoms with Gasteiger partial charge in [0.25, 0.3) is 5.56 Å². The summed E-state index contributed by atoms with van der Waals surface area (Å²) in [5.41, 5.74) is 0.502. The predicted octanol–water partition coefficient (Wildman–Crippen LogP) is 2.71. The van der Waals surface area contributed by atoms with Gasteiger partial charge in [-0.15, -0.1) is 16.4 Å². The third kappa shape index (κ3) is 3.31. The van der Waals surface area contributed by atoms with Crippen LogP contribution in [0.15, 0.2) is 22.3 Å². The van der Waals surface area contributed by atoms with Gasteiger partial charge in [0.15, 0.2) is 11.2 Å². The number of fused-ring (bicyclic) bond motifs is 1. The molecule has 138 valence electrons. The van der Waals surface area contributed by atoms with Crippen molar-refractivity contribution in [3.8, 4) is 0 Å². The van der Waals surface area contributed by atoms with Gasteiger partial charge in [0, 0.05) is 29.9 Å². The van der Waals surface area contributed by atoms with Gasteiger partial charge in [-0.25, -0.2) is 9.67 Å². The monoisotopic (exact) mass is 372 g/mol. The minimum absolute atomic E-state index is 0.207. The topological polar surface area (TPSA) is 79.7 Å². The maximum atomic E-state index is 12.4. The number of rotatable bonds is 3. The molecule has 4 heterocycles. The molecule has 0 aromatic carbocycles. The van der Waals surface area contributed by atoms with E-state index in [0.29, 0.717) is 17.0 Å². The van der Waals surface area contributed by atoms with Crippen LogP contribution in [0.1, 0.15) is 50.4 Å². The molecule has 1 aliphatic heterocycles. The summed E-state index contributed by atoms with van der Waals surface area (Å²) in [5.74, 6) is 0.675. The van der Waals surface area contributed by atoms with Crippen molar-refractivity contribution in [2.24, 2.45) is 0 Å². The van der Waals surface area contributed by atoms with Crippen molar-refractivity contribution in [2.45, 2.75) is 51.6 Å². The Morgan fingerprint density at radius 1 is 1.31 bits per heavy atom. The highest BCUT2D eigenvalue weighted by Gasteiger charge is 2.26. The lowest BCUT2D eigenvalue weighted by Crippen LogP contribution is -2.34. The summed E-state index contributed by atoms with van der Waals surface area (Å²) in [5, 5.41) is 10.5. The second-order valence-corrected chi connectivity index (χ2v) is 8.99. The third-order valence-electron chi connectivity index (χ3n) is 4.91. The number of likely N-dealkylation sites (tertiary alicyclic amines) is 1. The SMILES string of the molecule is CC(C)(C)c1nc2c(nnn2C2CCN(Cc3cccs3)CC2)c(=O)[nH]1. The highest BCUT2D eigenvalue weighted by Crippen LogP contribution is 2.26. The molecule has 1 aliphatic rings. The van der Waals surface area contributed by atoms with Crippen molar-refractivity contribution in [1.29, 1.82) is 0 Å². The summed E-state index contributed by atoms with van der Waals surface area (Å²) < 4.78 is 1.86. The van der Waals surface area contributed by atoms with Gasteiger partial charge in [0.2, 0.25) is 0 Å². The van der Waals surface area contributed by atoms with E-state index in [9.17, 15) is 4.79 Å². The molecule has 4 rings (SSSR count). The third-order valence-corrected chi connectivity index (χ3v) is 5.77. The Morgan fingerprint density at radius 2 is 2.08 bits per heavy atom. The van der Waals surface area contributed by atoms with Crippen molar-refractivity contribution in [3.05, 3.63) is 38.6 Å². The van der Waals surface area contributed by atoms with Crippen molar-refractivity contribution >= 4 is 22.5 Å². The second kappa shape index (κ2) is 6.59. The molecule has 0 unspecified atom stereocenters. The first kappa shape index (κ1) is 17.4. The van der Waals surface area contributed by atoms with Gasteiger partial charge in [-0.05, 0) is 24.3 Å². The van der Waals surface area contributed by atoms with Gasteiger partial charge < -0.3 is 4.98 Å². The first-order valence-corrected chi connectivity index (χ1v) is 9.90. The van der Waals surface area contributed by atoms with Crippen LogP contribution in [-0.4, -0.2) is 43.0 Å². The quantitative estimate of drug-likeness (QED) is 0.765. The maximum Gasteiger partial charge on any atom is 0.281 e. The Bertz CT molecular complexity index is 944. The van der Waals surface area contributed by atoms with E-state index < -0.39 is 0 Å². The zero-order valence-corrected chi connectivity index (χ0v) is 16.2. The van der Waals surface area contributed by atoms with E-state index in [2.05, 4.69) is 37.7 Å². The Kier molecular flexibility index (Phi) is 4.40. The van der Waals surface area contributed by atoms with E-state index >= 15 is 0 Å². The average molecular weight is 372 g/mol. The lowest BCUT2D eigenvalue weighted by molar-refractivity contribution is 0.175. The highest BCUT2D eigenvalue weighted by molar-refractivity contribution is 7.09. The minimum atomic E-state index is -0.230. The minimum Gasteiger partial charge on any atom is -0.308 e. The number of aromatic amines is 1. The zero-order valence-electron chi connectivity index (χ0n) is 15.4. The highest BCUT2D eigenvalue weighted by atomic mass is 32.1. The molecule has 26 heavy (non-hydrogen) atoms. The zero-order chi connectivity index (χ0) is 18.3. The number of H-pyrrole nitrogens is 1. The summed E-state index contributed by atoms with van der Waals surface area (Å²) in [6, 6.07) is 4.53. The van der Waals surface area contributed by atoms with Crippen LogP contribution in [0.5, 0.6) is 0 Å². The smallest absolute Gasteiger partial charge is 0.281 e. The molecule has 1 saturated heterocycles. The van der Waals surface area contributed by atoms with E-state index in [1.807, 2.05) is 25.5 Å². The first-order chi connectivity index (χ1) is 12.4. The van der Waals surface area contributed by atoms with Crippen LogP contribution < -0.4 is 5.56 Å².